The maximum Gasteiger partial charge on any atom is 0.389 e. The molecule has 1 atom stereocenters. The molecular formula is C15H19F3N2O2. The summed E-state index contributed by atoms with van der Waals surface area (Å²) in [5, 5.41) is 3.23. The summed E-state index contributed by atoms with van der Waals surface area (Å²) in [5.74, 6) is 1.21. The van der Waals surface area contributed by atoms with Crippen LogP contribution in [0.5, 0.6) is 11.5 Å². The Kier molecular flexibility index (Phi) is 4.44. The number of halogens is 3. The molecule has 3 rings (SSSR count). The number of nitrogens with one attached hydrogen (secondary N) is 1. The summed E-state index contributed by atoms with van der Waals surface area (Å²) < 4.78 is 48.9. The largest absolute Gasteiger partial charge is 0.454 e. The topological polar surface area (TPSA) is 33.7 Å². The second-order valence-electron chi connectivity index (χ2n) is 5.54. The van der Waals surface area contributed by atoms with Gasteiger partial charge in [0.05, 0.1) is 0 Å². The number of benzene rings is 1. The van der Waals surface area contributed by atoms with Crippen LogP contribution >= 0.6 is 0 Å². The minimum absolute atomic E-state index is 0.0311. The standard InChI is InChI=1S/C15H19F3N2O2/c16-15(17,18)5-4-12(20-8-6-19-7-9-20)11-2-1-3-13-14(11)22-10-21-13/h1-3,12,19H,4-10H2/t12-/m1/s1. The van der Waals surface area contributed by atoms with Gasteiger partial charge in [0, 0.05) is 44.2 Å². The molecule has 4 nitrogen and oxygen atoms in total. The van der Waals surface area contributed by atoms with Crippen LogP contribution in [0.4, 0.5) is 13.2 Å². The molecule has 1 N–H and O–H groups in total. The maximum atomic E-state index is 12.7. The molecule has 2 aliphatic heterocycles. The van der Waals surface area contributed by atoms with Crippen molar-refractivity contribution < 1.29 is 22.6 Å². The van der Waals surface area contributed by atoms with Crippen LogP contribution in [0, 0.1) is 0 Å². The molecule has 1 fully saturated rings. The first-order valence-electron chi connectivity index (χ1n) is 7.44. The number of hydrogen-bond donors (Lipinski definition) is 1. The van der Waals surface area contributed by atoms with E-state index < -0.39 is 12.6 Å². The highest BCUT2D eigenvalue weighted by atomic mass is 19.4. The lowest BCUT2D eigenvalue weighted by molar-refractivity contribution is -0.138. The Hall–Kier alpha value is -1.47. The molecule has 2 heterocycles. The number of hydrogen-bond acceptors (Lipinski definition) is 4. The zero-order valence-corrected chi connectivity index (χ0v) is 12.2. The van der Waals surface area contributed by atoms with Gasteiger partial charge in [0.2, 0.25) is 6.79 Å². The van der Waals surface area contributed by atoms with Gasteiger partial charge < -0.3 is 14.8 Å². The van der Waals surface area contributed by atoms with E-state index in [9.17, 15) is 13.2 Å². The van der Waals surface area contributed by atoms with Crippen LogP contribution in [0.1, 0.15) is 24.4 Å². The lowest BCUT2D eigenvalue weighted by Crippen LogP contribution is -2.45. The third-order valence-electron chi connectivity index (χ3n) is 4.08. The van der Waals surface area contributed by atoms with Gasteiger partial charge in [-0.15, -0.1) is 0 Å². The maximum absolute atomic E-state index is 12.7. The zero-order valence-electron chi connectivity index (χ0n) is 12.2. The van der Waals surface area contributed by atoms with Crippen LogP contribution in [0.2, 0.25) is 0 Å². The molecule has 7 heteroatoms. The minimum Gasteiger partial charge on any atom is -0.454 e. The normalized spacial score (nSPS) is 20.1. The van der Waals surface area contributed by atoms with Crippen molar-refractivity contribution in [1.82, 2.24) is 10.2 Å². The molecule has 0 aliphatic carbocycles. The van der Waals surface area contributed by atoms with E-state index in [1.54, 1.807) is 6.07 Å². The summed E-state index contributed by atoms with van der Waals surface area (Å²) in [6.45, 7) is 3.16. The molecule has 0 radical (unpaired) electrons. The SMILES string of the molecule is FC(F)(F)CC[C@H](c1cccc2c1OCO2)N1CCNCC1. The number of nitrogens with zero attached hydrogens (tertiary/aromatic N) is 1. The van der Waals surface area contributed by atoms with Gasteiger partial charge >= 0.3 is 6.18 Å². The molecule has 0 amide bonds. The zero-order chi connectivity index (χ0) is 15.6. The van der Waals surface area contributed by atoms with Crippen molar-refractivity contribution in [2.75, 3.05) is 33.0 Å². The number of ether oxygens (including phenoxy) is 2. The monoisotopic (exact) mass is 316 g/mol. The highest BCUT2D eigenvalue weighted by molar-refractivity contribution is 5.49. The van der Waals surface area contributed by atoms with Gasteiger partial charge in [0.15, 0.2) is 11.5 Å². The van der Waals surface area contributed by atoms with E-state index in [-0.39, 0.29) is 19.3 Å². The molecule has 0 bridgehead atoms. The van der Waals surface area contributed by atoms with Crippen LogP contribution in [0.15, 0.2) is 18.2 Å². The van der Waals surface area contributed by atoms with Crippen LogP contribution < -0.4 is 14.8 Å². The van der Waals surface area contributed by atoms with E-state index >= 15 is 0 Å². The van der Waals surface area contributed by atoms with Crippen molar-refractivity contribution in [3.05, 3.63) is 23.8 Å². The van der Waals surface area contributed by atoms with Gasteiger partial charge in [-0.1, -0.05) is 12.1 Å². The van der Waals surface area contributed by atoms with Gasteiger partial charge in [-0.25, -0.2) is 0 Å². The van der Waals surface area contributed by atoms with Crippen LogP contribution in [0.25, 0.3) is 0 Å². The number of fused-ring (bicyclic) bond motifs is 1. The lowest BCUT2D eigenvalue weighted by Gasteiger charge is -2.35. The summed E-state index contributed by atoms with van der Waals surface area (Å²) in [6.07, 6.45) is -4.92. The predicted octanol–water partition coefficient (Wildman–Crippen LogP) is 2.70. The molecule has 1 aromatic rings. The Balaban J connectivity index is 1.85. The van der Waals surface area contributed by atoms with E-state index in [0.717, 1.165) is 31.7 Å². The summed E-state index contributed by atoms with van der Waals surface area (Å²) >= 11 is 0. The van der Waals surface area contributed by atoms with Gasteiger partial charge in [-0.2, -0.15) is 13.2 Å². The Labute approximate surface area is 127 Å². The van der Waals surface area contributed by atoms with Gasteiger partial charge in [-0.3, -0.25) is 4.90 Å². The second kappa shape index (κ2) is 6.34. The number of alkyl halides is 3. The van der Waals surface area contributed by atoms with E-state index in [4.69, 9.17) is 9.47 Å². The first-order chi connectivity index (χ1) is 10.5. The average molecular weight is 316 g/mol. The average Bonchev–Trinajstić information content (AvgIpc) is 2.96. The fourth-order valence-corrected chi connectivity index (χ4v) is 3.04. The second-order valence-corrected chi connectivity index (χ2v) is 5.54. The third-order valence-corrected chi connectivity index (χ3v) is 4.08. The van der Waals surface area contributed by atoms with Crippen LogP contribution in [-0.2, 0) is 0 Å². The molecule has 0 aromatic heterocycles. The molecule has 1 aromatic carbocycles. The van der Waals surface area contributed by atoms with E-state index in [1.807, 2.05) is 12.1 Å². The fraction of sp³-hybridized carbons (Fsp3) is 0.600. The molecule has 0 spiro atoms. The minimum atomic E-state index is -4.15. The Morgan fingerprint density at radius 1 is 1.18 bits per heavy atom. The molecular weight excluding hydrogens is 297 g/mol. The Bertz CT molecular complexity index is 516. The smallest absolute Gasteiger partial charge is 0.389 e. The molecule has 22 heavy (non-hydrogen) atoms. The fourth-order valence-electron chi connectivity index (χ4n) is 3.04. The Morgan fingerprint density at radius 3 is 2.68 bits per heavy atom. The first-order valence-corrected chi connectivity index (χ1v) is 7.44. The van der Waals surface area contributed by atoms with E-state index in [1.165, 1.54) is 0 Å². The van der Waals surface area contributed by atoms with Crippen molar-refractivity contribution in [2.24, 2.45) is 0 Å². The number of piperazine rings is 1. The first kappa shape index (κ1) is 15.4. The van der Waals surface area contributed by atoms with Crippen molar-refractivity contribution in [2.45, 2.75) is 25.1 Å². The van der Waals surface area contributed by atoms with Gasteiger partial charge in [0.1, 0.15) is 0 Å². The van der Waals surface area contributed by atoms with Crippen molar-refractivity contribution in [3.8, 4) is 11.5 Å². The molecule has 0 saturated carbocycles. The van der Waals surface area contributed by atoms with E-state index in [2.05, 4.69) is 10.2 Å². The highest BCUT2D eigenvalue weighted by Gasteiger charge is 2.33. The van der Waals surface area contributed by atoms with Gasteiger partial charge in [-0.05, 0) is 12.5 Å². The summed E-state index contributed by atoms with van der Waals surface area (Å²) in [5.41, 5.74) is 0.793. The van der Waals surface area contributed by atoms with Crippen molar-refractivity contribution in [1.29, 1.82) is 0 Å². The van der Waals surface area contributed by atoms with Gasteiger partial charge in [0.25, 0.3) is 0 Å². The number of rotatable bonds is 4. The van der Waals surface area contributed by atoms with Crippen LogP contribution in [0.3, 0.4) is 0 Å². The molecule has 2 aliphatic rings. The third kappa shape index (κ3) is 3.47. The van der Waals surface area contributed by atoms with Crippen molar-refractivity contribution >= 4 is 0 Å². The lowest BCUT2D eigenvalue weighted by atomic mass is 9.98. The van der Waals surface area contributed by atoms with Crippen LogP contribution in [-0.4, -0.2) is 44.0 Å². The summed E-state index contributed by atoms with van der Waals surface area (Å²) in [4.78, 5) is 2.10. The van der Waals surface area contributed by atoms with Crippen molar-refractivity contribution in [3.63, 3.8) is 0 Å². The Morgan fingerprint density at radius 2 is 1.95 bits per heavy atom. The quantitative estimate of drug-likeness (QED) is 0.926. The highest BCUT2D eigenvalue weighted by Crippen LogP contribution is 2.42. The molecule has 0 unspecified atom stereocenters. The summed E-state index contributed by atoms with van der Waals surface area (Å²) in [6, 6.07) is 5.13. The summed E-state index contributed by atoms with van der Waals surface area (Å²) in [7, 11) is 0. The number of para-hydroxylation sites is 1. The predicted molar refractivity (Wildman–Crippen MR) is 75.0 cm³/mol. The van der Waals surface area contributed by atoms with E-state index in [0.29, 0.717) is 11.5 Å². The molecule has 1 saturated heterocycles. The molecule has 122 valence electrons.